The maximum atomic E-state index is 13.9. The van der Waals surface area contributed by atoms with Gasteiger partial charge in [-0.2, -0.15) is 0 Å². The summed E-state index contributed by atoms with van der Waals surface area (Å²) in [6.07, 6.45) is 5.17. The molecule has 0 spiro atoms. The summed E-state index contributed by atoms with van der Waals surface area (Å²) in [6, 6.07) is 22.8. The lowest BCUT2D eigenvalue weighted by molar-refractivity contribution is -0.124. The number of thiophene rings is 1. The fraction of sp³-hybridized carbons (Fsp3) is 0.438. The van der Waals surface area contributed by atoms with Gasteiger partial charge in [-0.15, -0.1) is 11.3 Å². The van der Waals surface area contributed by atoms with Crippen LogP contribution < -0.4 is 5.32 Å². The summed E-state index contributed by atoms with van der Waals surface area (Å²) in [5.74, 6) is -0.317. The fourth-order valence-corrected chi connectivity index (χ4v) is 6.98. The minimum Gasteiger partial charge on any atom is -0.355 e. The lowest BCUT2D eigenvalue weighted by Crippen LogP contribution is -2.50. The molecule has 3 aromatic rings. The molecule has 2 atom stereocenters. The highest BCUT2D eigenvalue weighted by Gasteiger charge is 2.47. The van der Waals surface area contributed by atoms with E-state index >= 15 is 0 Å². The maximum absolute atomic E-state index is 13.9. The number of nitrogens with one attached hydrogen (secondary N) is 1. The lowest BCUT2D eigenvalue weighted by Gasteiger charge is -2.44. The number of carbonyl (C=O) groups excluding carboxylic acids is 2. The summed E-state index contributed by atoms with van der Waals surface area (Å²) in [5.41, 5.74) is 2.84. The van der Waals surface area contributed by atoms with Crippen molar-refractivity contribution in [3.8, 4) is 0 Å². The zero-order chi connectivity index (χ0) is 26.5. The Morgan fingerprint density at radius 1 is 1.03 bits per heavy atom. The third kappa shape index (κ3) is 5.71. The van der Waals surface area contributed by atoms with Crippen LogP contribution in [0.1, 0.15) is 84.3 Å². The highest BCUT2D eigenvalue weighted by Crippen LogP contribution is 2.47. The Balaban J connectivity index is 1.33. The summed E-state index contributed by atoms with van der Waals surface area (Å²) >= 11 is 1.65. The van der Waals surface area contributed by atoms with Gasteiger partial charge in [0.05, 0.1) is 12.0 Å². The average molecular weight is 530 g/mol. The first-order chi connectivity index (χ1) is 18.5. The Bertz CT molecular complexity index is 1200. The Morgan fingerprint density at radius 2 is 1.76 bits per heavy atom. The van der Waals surface area contributed by atoms with E-state index in [1.807, 2.05) is 36.4 Å². The van der Waals surface area contributed by atoms with E-state index < -0.39 is 5.92 Å². The molecule has 1 aliphatic carbocycles. The highest BCUT2D eigenvalue weighted by atomic mass is 32.1. The van der Waals surface area contributed by atoms with Crippen molar-refractivity contribution >= 4 is 23.2 Å². The SMILES string of the molecule is CC(C)N(CCCNC(=O)[C@@H]1c2ccccc2C(=O)N(C2CCCC2)[C@@H]1c1cccs1)Cc1ccccc1. The molecule has 0 saturated heterocycles. The van der Waals surface area contributed by atoms with Crippen LogP contribution >= 0.6 is 11.3 Å². The molecular formula is C32H39N3O2S. The van der Waals surface area contributed by atoms with Crippen LogP contribution in [0.25, 0.3) is 0 Å². The zero-order valence-corrected chi connectivity index (χ0v) is 23.3. The number of hydrogen-bond acceptors (Lipinski definition) is 4. The first-order valence-corrected chi connectivity index (χ1v) is 14.9. The molecule has 2 aliphatic rings. The third-order valence-corrected chi connectivity index (χ3v) is 9.03. The molecule has 2 heterocycles. The van der Waals surface area contributed by atoms with Crippen molar-refractivity contribution < 1.29 is 9.59 Å². The van der Waals surface area contributed by atoms with E-state index in [4.69, 9.17) is 0 Å². The molecule has 0 bridgehead atoms. The average Bonchev–Trinajstić information content (AvgIpc) is 3.66. The molecule has 6 heteroatoms. The molecule has 1 aromatic heterocycles. The second-order valence-corrected chi connectivity index (χ2v) is 11.8. The van der Waals surface area contributed by atoms with Crippen LogP contribution in [0.4, 0.5) is 0 Å². The van der Waals surface area contributed by atoms with Crippen LogP contribution in [0.3, 0.4) is 0 Å². The predicted molar refractivity (Wildman–Crippen MR) is 154 cm³/mol. The summed E-state index contributed by atoms with van der Waals surface area (Å²) < 4.78 is 0. The van der Waals surface area contributed by atoms with Crippen LogP contribution in [0.15, 0.2) is 72.1 Å². The minimum absolute atomic E-state index is 0.0190. The monoisotopic (exact) mass is 529 g/mol. The molecule has 0 radical (unpaired) electrons. The van der Waals surface area contributed by atoms with Crippen LogP contribution in [0.2, 0.25) is 0 Å². The Labute approximate surface area is 230 Å². The number of benzene rings is 2. The molecule has 5 nitrogen and oxygen atoms in total. The molecular weight excluding hydrogens is 490 g/mol. The molecule has 1 saturated carbocycles. The molecule has 1 aliphatic heterocycles. The number of amides is 2. The van der Waals surface area contributed by atoms with Gasteiger partial charge in [0.1, 0.15) is 0 Å². The molecule has 1 N–H and O–H groups in total. The quantitative estimate of drug-likeness (QED) is 0.310. The van der Waals surface area contributed by atoms with Gasteiger partial charge in [-0.3, -0.25) is 14.5 Å². The molecule has 0 unspecified atom stereocenters. The van der Waals surface area contributed by atoms with Crippen LogP contribution in [0.5, 0.6) is 0 Å². The van der Waals surface area contributed by atoms with Gasteiger partial charge in [0.15, 0.2) is 0 Å². The number of rotatable bonds is 10. The molecule has 2 aromatic carbocycles. The molecule has 2 amide bonds. The van der Waals surface area contributed by atoms with Gasteiger partial charge < -0.3 is 10.2 Å². The highest BCUT2D eigenvalue weighted by molar-refractivity contribution is 7.10. The predicted octanol–water partition coefficient (Wildman–Crippen LogP) is 6.39. The van der Waals surface area contributed by atoms with Crippen molar-refractivity contribution in [3.63, 3.8) is 0 Å². The first-order valence-electron chi connectivity index (χ1n) is 14.0. The van der Waals surface area contributed by atoms with E-state index in [2.05, 4.69) is 64.7 Å². The van der Waals surface area contributed by atoms with Crippen LogP contribution in [0, 0.1) is 0 Å². The van der Waals surface area contributed by atoms with Gasteiger partial charge in [0, 0.05) is 42.2 Å². The van der Waals surface area contributed by atoms with Crippen molar-refractivity contribution in [3.05, 3.63) is 93.7 Å². The summed E-state index contributed by atoms with van der Waals surface area (Å²) in [4.78, 5) is 33.4. The first kappa shape index (κ1) is 26.6. The Kier molecular flexibility index (Phi) is 8.60. The van der Waals surface area contributed by atoms with Crippen molar-refractivity contribution in [1.82, 2.24) is 15.1 Å². The van der Waals surface area contributed by atoms with Crippen molar-refractivity contribution in [2.24, 2.45) is 0 Å². The second-order valence-electron chi connectivity index (χ2n) is 10.9. The van der Waals surface area contributed by atoms with Gasteiger partial charge in [-0.25, -0.2) is 0 Å². The van der Waals surface area contributed by atoms with Gasteiger partial charge in [0.25, 0.3) is 5.91 Å². The van der Waals surface area contributed by atoms with E-state index in [-0.39, 0.29) is 23.9 Å². The van der Waals surface area contributed by atoms with Gasteiger partial charge in [-0.05, 0) is 61.7 Å². The summed E-state index contributed by atoms with van der Waals surface area (Å²) in [6.45, 7) is 6.88. The normalized spacial score (nSPS) is 19.8. The van der Waals surface area contributed by atoms with Crippen LogP contribution in [-0.4, -0.2) is 46.8 Å². The minimum atomic E-state index is -0.409. The fourth-order valence-electron chi connectivity index (χ4n) is 6.12. The zero-order valence-electron chi connectivity index (χ0n) is 22.5. The summed E-state index contributed by atoms with van der Waals surface area (Å²) in [7, 11) is 0. The van der Waals surface area contributed by atoms with E-state index in [0.29, 0.717) is 18.2 Å². The summed E-state index contributed by atoms with van der Waals surface area (Å²) in [5, 5.41) is 5.32. The molecule has 38 heavy (non-hydrogen) atoms. The van der Waals surface area contributed by atoms with E-state index in [0.717, 1.165) is 55.6 Å². The standard InChI is InChI=1S/C32H39N3O2S/c1-23(2)34(22-24-12-4-3-5-13-24)20-11-19-33-31(36)29-26-16-8-9-17-27(26)32(37)35(25-14-6-7-15-25)30(29)28-18-10-21-38-28/h3-5,8-10,12-13,16-18,21,23,25,29-30H,6-7,11,14-15,19-20,22H2,1-2H3,(H,33,36)/t29-,30-/m1/s1. The van der Waals surface area contributed by atoms with Crippen molar-refractivity contribution in [2.45, 2.75) is 76.5 Å². The second kappa shape index (κ2) is 12.3. The van der Waals surface area contributed by atoms with Gasteiger partial charge in [-0.1, -0.05) is 67.4 Å². The number of fused-ring (bicyclic) bond motifs is 1. The van der Waals surface area contributed by atoms with E-state index in [9.17, 15) is 9.59 Å². The van der Waals surface area contributed by atoms with E-state index in [1.165, 1.54) is 5.56 Å². The topological polar surface area (TPSA) is 52.7 Å². The molecule has 200 valence electrons. The number of hydrogen-bond donors (Lipinski definition) is 1. The molecule has 5 rings (SSSR count). The maximum Gasteiger partial charge on any atom is 0.254 e. The van der Waals surface area contributed by atoms with Crippen LogP contribution in [-0.2, 0) is 11.3 Å². The number of nitrogens with zero attached hydrogens (tertiary/aromatic N) is 2. The van der Waals surface area contributed by atoms with Gasteiger partial charge >= 0.3 is 0 Å². The Morgan fingerprint density at radius 3 is 2.47 bits per heavy atom. The largest absolute Gasteiger partial charge is 0.355 e. The van der Waals surface area contributed by atoms with Crippen molar-refractivity contribution in [1.29, 1.82) is 0 Å². The van der Waals surface area contributed by atoms with Crippen molar-refractivity contribution in [2.75, 3.05) is 13.1 Å². The van der Waals surface area contributed by atoms with Gasteiger partial charge in [0.2, 0.25) is 5.91 Å². The molecule has 1 fully saturated rings. The Hall–Kier alpha value is -2.96. The number of carbonyl (C=O) groups is 2. The van der Waals surface area contributed by atoms with E-state index in [1.54, 1.807) is 11.3 Å². The lowest BCUT2D eigenvalue weighted by atomic mass is 9.80. The third-order valence-electron chi connectivity index (χ3n) is 8.09. The smallest absolute Gasteiger partial charge is 0.254 e.